The Balaban J connectivity index is 2.28. The van der Waals surface area contributed by atoms with Gasteiger partial charge in [0.25, 0.3) is 0 Å². The minimum atomic E-state index is 0.0648. The molecule has 0 spiro atoms. The van der Waals surface area contributed by atoms with E-state index in [1.165, 1.54) is 6.42 Å². The number of hydrogen-bond acceptors (Lipinski definition) is 5. The molecule has 6 nitrogen and oxygen atoms in total. The molecule has 21 heavy (non-hydrogen) atoms. The fourth-order valence-electron chi connectivity index (χ4n) is 2.88. The van der Waals surface area contributed by atoms with Crippen LogP contribution in [-0.4, -0.2) is 80.8 Å². The van der Waals surface area contributed by atoms with E-state index in [9.17, 15) is 4.79 Å². The highest BCUT2D eigenvalue weighted by Gasteiger charge is 2.23. The lowest BCUT2D eigenvalue weighted by Gasteiger charge is -2.38. The SMILES string of the molecule is CCCC(CN)N1CCN(CC(=O)NC(C)COC)CC1. The minimum Gasteiger partial charge on any atom is -0.383 e. The lowest BCUT2D eigenvalue weighted by atomic mass is 10.1. The molecule has 0 saturated carbocycles. The van der Waals surface area contributed by atoms with Crippen LogP contribution in [0, 0.1) is 0 Å². The number of nitrogens with zero attached hydrogens (tertiary/aromatic N) is 2. The molecule has 124 valence electrons. The summed E-state index contributed by atoms with van der Waals surface area (Å²) in [7, 11) is 1.64. The summed E-state index contributed by atoms with van der Waals surface area (Å²) in [6.07, 6.45) is 2.33. The number of rotatable bonds is 9. The molecule has 1 heterocycles. The summed E-state index contributed by atoms with van der Waals surface area (Å²) in [5, 5.41) is 2.95. The lowest BCUT2D eigenvalue weighted by Crippen LogP contribution is -2.54. The van der Waals surface area contributed by atoms with Gasteiger partial charge in [-0.2, -0.15) is 0 Å². The van der Waals surface area contributed by atoms with Crippen LogP contribution in [0.5, 0.6) is 0 Å². The van der Waals surface area contributed by atoms with E-state index in [1.807, 2.05) is 6.92 Å². The molecule has 1 fully saturated rings. The number of hydrogen-bond donors (Lipinski definition) is 2. The quantitative estimate of drug-likeness (QED) is 0.621. The van der Waals surface area contributed by atoms with Crippen LogP contribution in [0.1, 0.15) is 26.7 Å². The van der Waals surface area contributed by atoms with Crippen molar-refractivity contribution in [3.05, 3.63) is 0 Å². The average Bonchev–Trinajstić information content (AvgIpc) is 2.45. The lowest BCUT2D eigenvalue weighted by molar-refractivity contribution is -0.123. The Kier molecular flexibility index (Phi) is 8.84. The van der Waals surface area contributed by atoms with Crippen molar-refractivity contribution in [1.82, 2.24) is 15.1 Å². The molecule has 0 aromatic carbocycles. The van der Waals surface area contributed by atoms with Crippen molar-refractivity contribution >= 4 is 5.91 Å². The predicted octanol–water partition coefficient (Wildman–Crippen LogP) is -0.117. The third-order valence-electron chi connectivity index (χ3n) is 4.01. The van der Waals surface area contributed by atoms with E-state index < -0.39 is 0 Å². The molecule has 1 amide bonds. The molecular formula is C15H32N4O2. The summed E-state index contributed by atoms with van der Waals surface area (Å²) >= 11 is 0. The Hall–Kier alpha value is -0.690. The number of carbonyl (C=O) groups is 1. The number of amides is 1. The topological polar surface area (TPSA) is 70.8 Å². The van der Waals surface area contributed by atoms with E-state index in [0.29, 0.717) is 19.2 Å². The largest absolute Gasteiger partial charge is 0.383 e. The van der Waals surface area contributed by atoms with E-state index in [2.05, 4.69) is 22.0 Å². The van der Waals surface area contributed by atoms with E-state index in [0.717, 1.165) is 39.1 Å². The Morgan fingerprint density at radius 1 is 1.33 bits per heavy atom. The molecule has 0 aliphatic carbocycles. The van der Waals surface area contributed by atoms with Gasteiger partial charge in [-0.3, -0.25) is 14.6 Å². The van der Waals surface area contributed by atoms with E-state index >= 15 is 0 Å². The van der Waals surface area contributed by atoms with Crippen molar-refractivity contribution in [2.45, 2.75) is 38.8 Å². The summed E-state index contributed by atoms with van der Waals surface area (Å²) in [5.41, 5.74) is 5.86. The second kappa shape index (κ2) is 10.1. The zero-order valence-corrected chi connectivity index (χ0v) is 13.8. The number of piperazine rings is 1. The summed E-state index contributed by atoms with van der Waals surface area (Å²) in [6.45, 7) is 9.78. The van der Waals surface area contributed by atoms with Gasteiger partial charge in [-0.05, 0) is 13.3 Å². The highest BCUT2D eigenvalue weighted by atomic mass is 16.5. The first-order valence-electron chi connectivity index (χ1n) is 8.05. The number of nitrogens with two attached hydrogens (primary N) is 1. The fraction of sp³-hybridized carbons (Fsp3) is 0.933. The van der Waals surface area contributed by atoms with Gasteiger partial charge in [-0.25, -0.2) is 0 Å². The highest BCUT2D eigenvalue weighted by Crippen LogP contribution is 2.10. The monoisotopic (exact) mass is 300 g/mol. The van der Waals surface area contributed by atoms with Gasteiger partial charge >= 0.3 is 0 Å². The van der Waals surface area contributed by atoms with Gasteiger partial charge in [0.2, 0.25) is 5.91 Å². The number of carbonyl (C=O) groups excluding carboxylic acids is 1. The van der Waals surface area contributed by atoms with Crippen molar-refractivity contribution in [2.75, 3.05) is 53.0 Å². The maximum Gasteiger partial charge on any atom is 0.234 e. The normalized spacial score (nSPS) is 20.2. The fourth-order valence-corrected chi connectivity index (χ4v) is 2.88. The Bertz CT molecular complexity index is 293. The average molecular weight is 300 g/mol. The van der Waals surface area contributed by atoms with Crippen LogP contribution in [0.25, 0.3) is 0 Å². The van der Waals surface area contributed by atoms with Gasteiger partial charge in [-0.1, -0.05) is 13.3 Å². The molecule has 1 aliphatic rings. The molecule has 2 atom stereocenters. The number of nitrogens with one attached hydrogen (secondary N) is 1. The summed E-state index contributed by atoms with van der Waals surface area (Å²) < 4.78 is 5.02. The second-order valence-corrected chi connectivity index (χ2v) is 5.91. The van der Waals surface area contributed by atoms with Crippen LogP contribution in [0.15, 0.2) is 0 Å². The van der Waals surface area contributed by atoms with Crippen LogP contribution < -0.4 is 11.1 Å². The van der Waals surface area contributed by atoms with Crippen LogP contribution >= 0.6 is 0 Å². The zero-order valence-electron chi connectivity index (χ0n) is 13.8. The van der Waals surface area contributed by atoms with E-state index in [1.54, 1.807) is 7.11 Å². The van der Waals surface area contributed by atoms with Gasteiger partial charge in [0.1, 0.15) is 0 Å². The molecule has 1 rings (SSSR count). The molecule has 1 saturated heterocycles. The van der Waals surface area contributed by atoms with Gasteiger partial charge in [-0.15, -0.1) is 0 Å². The third-order valence-corrected chi connectivity index (χ3v) is 4.01. The van der Waals surface area contributed by atoms with Gasteiger partial charge in [0.15, 0.2) is 0 Å². The predicted molar refractivity (Wildman–Crippen MR) is 85.2 cm³/mol. The smallest absolute Gasteiger partial charge is 0.234 e. The summed E-state index contributed by atoms with van der Waals surface area (Å²) in [5.74, 6) is 0.0805. The number of methoxy groups -OCH3 is 1. The van der Waals surface area contributed by atoms with Crippen LogP contribution in [0.2, 0.25) is 0 Å². The number of ether oxygens (including phenoxy) is 1. The molecule has 3 N–H and O–H groups in total. The van der Waals surface area contributed by atoms with Gasteiger partial charge < -0.3 is 15.8 Å². The molecule has 0 aromatic heterocycles. The molecular weight excluding hydrogens is 268 g/mol. The molecule has 0 aromatic rings. The Morgan fingerprint density at radius 3 is 2.52 bits per heavy atom. The van der Waals surface area contributed by atoms with Crippen molar-refractivity contribution in [2.24, 2.45) is 5.73 Å². The third kappa shape index (κ3) is 6.74. The Morgan fingerprint density at radius 2 is 2.00 bits per heavy atom. The van der Waals surface area contributed by atoms with Gasteiger partial charge in [0.05, 0.1) is 13.2 Å². The first kappa shape index (κ1) is 18.4. The summed E-state index contributed by atoms with van der Waals surface area (Å²) in [6, 6.07) is 0.558. The first-order chi connectivity index (χ1) is 10.1. The summed E-state index contributed by atoms with van der Waals surface area (Å²) in [4.78, 5) is 16.6. The zero-order chi connectivity index (χ0) is 15.7. The van der Waals surface area contributed by atoms with Crippen molar-refractivity contribution in [1.29, 1.82) is 0 Å². The molecule has 1 aliphatic heterocycles. The van der Waals surface area contributed by atoms with Crippen molar-refractivity contribution in [3.8, 4) is 0 Å². The second-order valence-electron chi connectivity index (χ2n) is 5.91. The van der Waals surface area contributed by atoms with Crippen LogP contribution in [-0.2, 0) is 9.53 Å². The van der Waals surface area contributed by atoms with Gasteiger partial charge in [0, 0.05) is 51.9 Å². The van der Waals surface area contributed by atoms with E-state index in [-0.39, 0.29) is 11.9 Å². The maximum absolute atomic E-state index is 11.9. The minimum absolute atomic E-state index is 0.0648. The molecule has 0 bridgehead atoms. The van der Waals surface area contributed by atoms with Crippen LogP contribution in [0.3, 0.4) is 0 Å². The highest BCUT2D eigenvalue weighted by molar-refractivity contribution is 5.78. The van der Waals surface area contributed by atoms with Crippen LogP contribution in [0.4, 0.5) is 0 Å². The van der Waals surface area contributed by atoms with E-state index in [4.69, 9.17) is 10.5 Å². The molecule has 2 unspecified atom stereocenters. The van der Waals surface area contributed by atoms with Crippen molar-refractivity contribution < 1.29 is 9.53 Å². The molecule has 0 radical (unpaired) electrons. The Labute approximate surface area is 129 Å². The maximum atomic E-state index is 11.9. The molecule has 6 heteroatoms. The standard InChI is InChI=1S/C15H32N4O2/c1-4-5-14(10-16)19-8-6-18(7-9-19)11-15(20)17-13(2)12-21-3/h13-14H,4-12,16H2,1-3H3,(H,17,20). The van der Waals surface area contributed by atoms with Crippen molar-refractivity contribution in [3.63, 3.8) is 0 Å². The first-order valence-corrected chi connectivity index (χ1v) is 8.05.